The quantitative estimate of drug-likeness (QED) is 0.434. The van der Waals surface area contributed by atoms with Crippen LogP contribution in [0.5, 0.6) is 0 Å². The van der Waals surface area contributed by atoms with Gasteiger partial charge in [-0.2, -0.15) is 0 Å². The first-order valence-electron chi connectivity index (χ1n) is 12.0. The maximum absolute atomic E-state index is 12.9. The first-order valence-corrected chi connectivity index (χ1v) is 12.0. The van der Waals surface area contributed by atoms with Crippen LogP contribution in [0.4, 0.5) is 11.4 Å². The number of anilines is 2. The van der Waals surface area contributed by atoms with Crippen molar-refractivity contribution in [1.82, 2.24) is 0 Å². The van der Waals surface area contributed by atoms with Gasteiger partial charge in [0, 0.05) is 18.5 Å². The summed E-state index contributed by atoms with van der Waals surface area (Å²) in [6, 6.07) is 0. The maximum atomic E-state index is 12.9. The molecule has 0 fully saturated rings. The molecule has 2 rings (SSSR count). The summed E-state index contributed by atoms with van der Waals surface area (Å²) in [6.07, 6.45) is 8.39. The second-order valence-corrected chi connectivity index (χ2v) is 10.1. The molecule has 1 amide bonds. The predicted molar refractivity (Wildman–Crippen MR) is 129 cm³/mol. The lowest BCUT2D eigenvalue weighted by atomic mass is 9.86. The molecule has 1 aromatic carbocycles. The highest BCUT2D eigenvalue weighted by Gasteiger charge is 2.33. The Kier molecular flexibility index (Phi) is 8.56. The molecule has 31 heavy (non-hydrogen) atoms. The monoisotopic (exact) mass is 430 g/mol. The van der Waals surface area contributed by atoms with E-state index in [2.05, 4.69) is 17.1 Å². The Morgan fingerprint density at radius 2 is 1.68 bits per heavy atom. The summed E-state index contributed by atoms with van der Waals surface area (Å²) in [7, 11) is 0. The van der Waals surface area contributed by atoms with E-state index in [-0.39, 0.29) is 5.91 Å². The normalized spacial score (nSPS) is 14.5. The van der Waals surface area contributed by atoms with E-state index in [4.69, 9.17) is 0 Å². The number of carboxylic acid groups (broad SMARTS) is 1. The average Bonchev–Trinajstić information content (AvgIpc) is 3.10. The van der Waals surface area contributed by atoms with Gasteiger partial charge in [0.25, 0.3) is 0 Å². The van der Waals surface area contributed by atoms with Crippen LogP contribution in [0.3, 0.4) is 0 Å². The summed E-state index contributed by atoms with van der Waals surface area (Å²) in [5, 5.41) is 12.9. The van der Waals surface area contributed by atoms with Crippen LogP contribution < -0.4 is 10.2 Å². The average molecular weight is 431 g/mol. The molecule has 1 unspecified atom stereocenters. The molecular weight excluding hydrogens is 388 g/mol. The van der Waals surface area contributed by atoms with Crippen LogP contribution in [0.15, 0.2) is 0 Å². The number of hydrogen-bond acceptors (Lipinski definition) is 3. The summed E-state index contributed by atoms with van der Waals surface area (Å²) in [5.74, 6) is -1.48. The molecule has 1 atom stereocenters. The van der Waals surface area contributed by atoms with Crippen molar-refractivity contribution >= 4 is 23.3 Å². The predicted octanol–water partition coefficient (Wildman–Crippen LogP) is 6.20. The van der Waals surface area contributed by atoms with Crippen LogP contribution in [0.2, 0.25) is 0 Å². The molecule has 1 aromatic rings. The van der Waals surface area contributed by atoms with E-state index in [0.29, 0.717) is 0 Å². The topological polar surface area (TPSA) is 69.6 Å². The number of unbranched alkanes of at least 4 members (excludes halogenated alkanes) is 5. The van der Waals surface area contributed by atoms with Crippen molar-refractivity contribution < 1.29 is 14.7 Å². The molecule has 0 aliphatic carbocycles. The molecular formula is C26H42N2O3. The van der Waals surface area contributed by atoms with Gasteiger partial charge >= 0.3 is 5.97 Å². The second-order valence-electron chi connectivity index (χ2n) is 10.1. The van der Waals surface area contributed by atoms with Gasteiger partial charge in [0.15, 0.2) is 0 Å². The molecule has 0 aromatic heterocycles. The van der Waals surface area contributed by atoms with Gasteiger partial charge in [0.05, 0.1) is 17.3 Å². The van der Waals surface area contributed by atoms with E-state index in [1.807, 2.05) is 34.6 Å². The van der Waals surface area contributed by atoms with Gasteiger partial charge in [0.2, 0.25) is 5.91 Å². The zero-order valence-corrected chi connectivity index (χ0v) is 20.7. The number of carbonyl (C=O) groups excluding carboxylic acids is 1. The lowest BCUT2D eigenvalue weighted by Crippen LogP contribution is -2.30. The number of carbonyl (C=O) groups is 2. The van der Waals surface area contributed by atoms with Gasteiger partial charge in [-0.1, -0.05) is 59.8 Å². The van der Waals surface area contributed by atoms with Crippen LogP contribution in [0, 0.1) is 19.3 Å². The lowest BCUT2D eigenvalue weighted by molar-refractivity contribution is -0.138. The number of hydrogen-bond donors (Lipinski definition) is 2. The number of rotatable bonds is 10. The minimum atomic E-state index is -0.832. The molecule has 5 nitrogen and oxygen atoms in total. The first-order chi connectivity index (χ1) is 14.5. The minimum Gasteiger partial charge on any atom is -0.481 e. The zero-order chi connectivity index (χ0) is 23.3. The van der Waals surface area contributed by atoms with E-state index in [1.54, 1.807) is 6.92 Å². The van der Waals surface area contributed by atoms with Gasteiger partial charge < -0.3 is 15.3 Å². The Balaban J connectivity index is 2.41. The van der Waals surface area contributed by atoms with E-state index in [0.717, 1.165) is 54.0 Å². The number of carboxylic acids is 1. The fourth-order valence-corrected chi connectivity index (χ4v) is 4.63. The molecule has 0 bridgehead atoms. The highest BCUT2D eigenvalue weighted by Crippen LogP contribution is 2.45. The van der Waals surface area contributed by atoms with Crippen LogP contribution in [-0.2, 0) is 16.0 Å². The number of amides is 1. The standard InChI is InChI=1S/C26H42N2O3/c1-8-9-10-11-12-13-15-28-16-14-20-17(2)21(19(4)24(29)30)18(3)22(23(20)28)27-25(31)26(5,6)7/h19H,8-16H2,1-7H3,(H,27,31)(H,29,30). The Hall–Kier alpha value is -2.04. The third-order valence-electron chi connectivity index (χ3n) is 6.61. The number of fused-ring (bicyclic) bond motifs is 1. The molecule has 1 heterocycles. The summed E-state index contributed by atoms with van der Waals surface area (Å²) in [6.45, 7) is 15.6. The molecule has 0 spiro atoms. The summed E-state index contributed by atoms with van der Waals surface area (Å²) in [4.78, 5) is 27.1. The van der Waals surface area contributed by atoms with Crippen molar-refractivity contribution in [3.05, 3.63) is 22.3 Å². The maximum Gasteiger partial charge on any atom is 0.310 e. The van der Waals surface area contributed by atoms with Gasteiger partial charge in [-0.25, -0.2) is 0 Å². The smallest absolute Gasteiger partial charge is 0.310 e. The highest BCUT2D eigenvalue weighted by molar-refractivity contribution is 6.00. The third kappa shape index (κ3) is 5.81. The van der Waals surface area contributed by atoms with Crippen LogP contribution in [-0.4, -0.2) is 30.1 Å². The lowest BCUT2D eigenvalue weighted by Gasteiger charge is -2.29. The summed E-state index contributed by atoms with van der Waals surface area (Å²) >= 11 is 0. The molecule has 0 saturated heterocycles. The van der Waals surface area contributed by atoms with E-state index in [9.17, 15) is 14.7 Å². The number of nitrogens with one attached hydrogen (secondary N) is 1. The second kappa shape index (κ2) is 10.5. The van der Waals surface area contributed by atoms with Crippen molar-refractivity contribution in [1.29, 1.82) is 0 Å². The minimum absolute atomic E-state index is 0.0398. The SMILES string of the molecule is CCCCCCCCN1CCc2c(C)c(C(C)C(=O)O)c(C)c(NC(=O)C(C)(C)C)c21. The van der Waals surface area contributed by atoms with Gasteiger partial charge in [-0.3, -0.25) is 9.59 Å². The zero-order valence-electron chi connectivity index (χ0n) is 20.7. The van der Waals surface area contributed by atoms with E-state index < -0.39 is 17.3 Å². The number of benzene rings is 1. The molecule has 174 valence electrons. The Morgan fingerprint density at radius 1 is 1.06 bits per heavy atom. The highest BCUT2D eigenvalue weighted by atomic mass is 16.4. The Labute approximate surface area is 188 Å². The van der Waals surface area contributed by atoms with Crippen molar-refractivity contribution in [3.8, 4) is 0 Å². The molecule has 1 aliphatic heterocycles. The van der Waals surface area contributed by atoms with E-state index >= 15 is 0 Å². The van der Waals surface area contributed by atoms with Crippen LogP contribution >= 0.6 is 0 Å². The van der Waals surface area contributed by atoms with Crippen molar-refractivity contribution in [3.63, 3.8) is 0 Å². The van der Waals surface area contributed by atoms with Crippen molar-refractivity contribution in [2.24, 2.45) is 5.41 Å². The number of aliphatic carboxylic acids is 1. The third-order valence-corrected chi connectivity index (χ3v) is 6.61. The first kappa shape index (κ1) is 25.2. The van der Waals surface area contributed by atoms with Crippen molar-refractivity contribution in [2.45, 2.75) is 99.3 Å². The van der Waals surface area contributed by atoms with Crippen LogP contribution in [0.25, 0.3) is 0 Å². The number of nitrogens with zero attached hydrogens (tertiary/aromatic N) is 1. The fraction of sp³-hybridized carbons (Fsp3) is 0.692. The Bertz CT molecular complexity index is 808. The van der Waals surface area contributed by atoms with E-state index in [1.165, 1.54) is 37.7 Å². The molecule has 5 heteroatoms. The fourth-order valence-electron chi connectivity index (χ4n) is 4.63. The van der Waals surface area contributed by atoms with Gasteiger partial charge in [-0.05, 0) is 55.9 Å². The molecule has 2 N–H and O–H groups in total. The van der Waals surface area contributed by atoms with Crippen LogP contribution in [0.1, 0.15) is 101 Å². The molecule has 0 radical (unpaired) electrons. The van der Waals surface area contributed by atoms with Gasteiger partial charge in [-0.15, -0.1) is 0 Å². The van der Waals surface area contributed by atoms with Gasteiger partial charge in [0.1, 0.15) is 0 Å². The molecule has 0 saturated carbocycles. The van der Waals surface area contributed by atoms with Crippen molar-refractivity contribution in [2.75, 3.05) is 23.3 Å². The summed E-state index contributed by atoms with van der Waals surface area (Å²) < 4.78 is 0. The molecule has 1 aliphatic rings. The Morgan fingerprint density at radius 3 is 2.26 bits per heavy atom. The largest absolute Gasteiger partial charge is 0.481 e. The summed E-state index contributed by atoms with van der Waals surface area (Å²) in [5.41, 5.74) is 5.40.